The summed E-state index contributed by atoms with van der Waals surface area (Å²) >= 11 is 5.06. The van der Waals surface area contributed by atoms with Gasteiger partial charge in [0.25, 0.3) is 0 Å². The number of benzene rings is 1. The number of pyridine rings is 1. The predicted octanol–water partition coefficient (Wildman–Crippen LogP) is 4.85. The molecule has 1 aromatic heterocycles. The fourth-order valence-electron chi connectivity index (χ4n) is 1.35. The normalized spacial score (nSPS) is 11.0. The first-order valence-electron chi connectivity index (χ1n) is 5.40. The van der Waals surface area contributed by atoms with E-state index in [2.05, 4.69) is 61.7 Å². The summed E-state index contributed by atoms with van der Waals surface area (Å²) in [7, 11) is 0. The Bertz CT molecular complexity index is 523. The van der Waals surface area contributed by atoms with E-state index in [0.717, 1.165) is 10.0 Å². The molecule has 1 heterocycles. The fraction of sp³-hybridized carbons (Fsp3) is 0.154. The van der Waals surface area contributed by atoms with Gasteiger partial charge >= 0.3 is 0 Å². The molecule has 0 N–H and O–H groups in total. The average molecular weight is 322 g/mol. The van der Waals surface area contributed by atoms with Crippen molar-refractivity contribution >= 4 is 33.5 Å². The number of hydrogen-bond donors (Lipinski definition) is 0. The van der Waals surface area contributed by atoms with E-state index in [9.17, 15) is 0 Å². The molecule has 0 unspecified atom stereocenters. The van der Waals surface area contributed by atoms with Gasteiger partial charge in [-0.25, -0.2) is 4.98 Å². The number of aromatic nitrogens is 1. The van der Waals surface area contributed by atoms with Gasteiger partial charge in [0.15, 0.2) is 5.82 Å². The van der Waals surface area contributed by atoms with Gasteiger partial charge in [0.1, 0.15) is 0 Å². The van der Waals surface area contributed by atoms with Crippen molar-refractivity contribution in [1.82, 2.24) is 4.98 Å². The second-order valence-corrected chi connectivity index (χ2v) is 5.38. The van der Waals surface area contributed by atoms with Gasteiger partial charge in [0.05, 0.1) is 6.54 Å². The van der Waals surface area contributed by atoms with E-state index in [0.29, 0.717) is 12.4 Å². The summed E-state index contributed by atoms with van der Waals surface area (Å²) in [6.45, 7) is 0.576. The van der Waals surface area contributed by atoms with Crippen LogP contribution in [0.4, 0.5) is 5.82 Å². The van der Waals surface area contributed by atoms with Crippen molar-refractivity contribution in [1.29, 1.82) is 0 Å². The molecule has 0 atom stereocenters. The third kappa shape index (κ3) is 3.92. The highest BCUT2D eigenvalue weighted by Crippen LogP contribution is 2.16. The number of azo groups is 1. The van der Waals surface area contributed by atoms with E-state index in [-0.39, 0.29) is 0 Å². The van der Waals surface area contributed by atoms with E-state index in [1.807, 2.05) is 12.1 Å². The Morgan fingerprint density at radius 1 is 1.17 bits per heavy atom. The van der Waals surface area contributed by atoms with Gasteiger partial charge in [-0.15, -0.1) is 16.9 Å². The SMILES string of the molecule is CSc1ccc(CN=Nc2ccc(Br)cn2)cc1. The third-order valence-corrected chi connectivity index (χ3v) is 3.51. The molecule has 3 nitrogen and oxygen atoms in total. The lowest BCUT2D eigenvalue weighted by atomic mass is 10.2. The Morgan fingerprint density at radius 3 is 2.56 bits per heavy atom. The Morgan fingerprint density at radius 2 is 1.94 bits per heavy atom. The zero-order valence-corrected chi connectivity index (χ0v) is 12.3. The molecule has 2 aromatic rings. The third-order valence-electron chi connectivity index (χ3n) is 2.30. The van der Waals surface area contributed by atoms with Crippen molar-refractivity contribution in [2.24, 2.45) is 10.2 Å². The molecule has 0 saturated carbocycles. The minimum absolute atomic E-state index is 0.576. The summed E-state index contributed by atoms with van der Waals surface area (Å²) in [6, 6.07) is 12.0. The monoisotopic (exact) mass is 321 g/mol. The maximum Gasteiger partial charge on any atom is 0.173 e. The predicted molar refractivity (Wildman–Crippen MR) is 78.4 cm³/mol. The molecule has 18 heavy (non-hydrogen) atoms. The first kappa shape index (κ1) is 13.2. The molecule has 0 aliphatic heterocycles. The molecule has 2 rings (SSSR count). The first-order valence-corrected chi connectivity index (χ1v) is 7.42. The van der Waals surface area contributed by atoms with Gasteiger partial charge in [-0.3, -0.25) is 0 Å². The van der Waals surface area contributed by atoms with Crippen molar-refractivity contribution in [3.63, 3.8) is 0 Å². The quantitative estimate of drug-likeness (QED) is 0.596. The number of rotatable bonds is 4. The highest BCUT2D eigenvalue weighted by atomic mass is 79.9. The summed E-state index contributed by atoms with van der Waals surface area (Å²) in [4.78, 5) is 5.38. The molecule has 0 bridgehead atoms. The smallest absolute Gasteiger partial charge is 0.173 e. The minimum atomic E-state index is 0.576. The summed E-state index contributed by atoms with van der Waals surface area (Å²) in [5, 5.41) is 8.21. The lowest BCUT2D eigenvalue weighted by molar-refractivity contribution is 0.944. The maximum absolute atomic E-state index is 4.14. The lowest BCUT2D eigenvalue weighted by Crippen LogP contribution is -1.80. The van der Waals surface area contributed by atoms with Crippen molar-refractivity contribution in [2.75, 3.05) is 6.26 Å². The standard InChI is InChI=1S/C13H12BrN3S/c1-18-12-5-2-10(3-6-12)8-16-17-13-7-4-11(14)9-15-13/h2-7,9H,8H2,1H3. The summed E-state index contributed by atoms with van der Waals surface area (Å²) in [5.74, 6) is 0.624. The van der Waals surface area contributed by atoms with Crippen molar-refractivity contribution in [3.8, 4) is 0 Å². The fourth-order valence-corrected chi connectivity index (χ4v) is 1.99. The largest absolute Gasteiger partial charge is 0.234 e. The van der Waals surface area contributed by atoms with Crippen molar-refractivity contribution in [3.05, 3.63) is 52.6 Å². The van der Waals surface area contributed by atoms with Crippen LogP contribution in [-0.2, 0) is 6.54 Å². The van der Waals surface area contributed by atoms with Crippen LogP contribution in [0.2, 0.25) is 0 Å². The molecular weight excluding hydrogens is 310 g/mol. The van der Waals surface area contributed by atoms with Crippen LogP contribution in [0.15, 0.2) is 62.2 Å². The van der Waals surface area contributed by atoms with E-state index >= 15 is 0 Å². The van der Waals surface area contributed by atoms with Gasteiger partial charge in [-0.1, -0.05) is 12.1 Å². The molecule has 0 aliphatic rings. The molecular formula is C13H12BrN3S. The molecule has 1 aromatic carbocycles. The molecule has 0 spiro atoms. The lowest BCUT2D eigenvalue weighted by Gasteiger charge is -1.98. The Kier molecular flexibility index (Phi) is 4.90. The molecule has 0 aliphatic carbocycles. The summed E-state index contributed by atoms with van der Waals surface area (Å²) in [5.41, 5.74) is 1.15. The van der Waals surface area contributed by atoms with E-state index in [1.165, 1.54) is 4.90 Å². The Labute approximate surface area is 119 Å². The van der Waals surface area contributed by atoms with Crippen LogP contribution in [0.1, 0.15) is 5.56 Å². The molecule has 0 fully saturated rings. The van der Waals surface area contributed by atoms with Gasteiger partial charge in [0, 0.05) is 15.6 Å². The molecule has 0 amide bonds. The van der Waals surface area contributed by atoms with Gasteiger partial charge < -0.3 is 0 Å². The number of nitrogens with zero attached hydrogens (tertiary/aromatic N) is 3. The Hall–Kier alpha value is -1.20. The topological polar surface area (TPSA) is 37.6 Å². The van der Waals surface area contributed by atoms with Crippen LogP contribution < -0.4 is 0 Å². The van der Waals surface area contributed by atoms with Crippen LogP contribution in [0, 0.1) is 0 Å². The van der Waals surface area contributed by atoms with Crippen LogP contribution in [0.5, 0.6) is 0 Å². The number of hydrogen-bond acceptors (Lipinski definition) is 4. The second-order valence-electron chi connectivity index (χ2n) is 3.58. The van der Waals surface area contributed by atoms with E-state index in [1.54, 1.807) is 18.0 Å². The maximum atomic E-state index is 4.14. The highest BCUT2D eigenvalue weighted by molar-refractivity contribution is 9.10. The molecule has 0 saturated heterocycles. The van der Waals surface area contributed by atoms with Crippen LogP contribution in [0.25, 0.3) is 0 Å². The van der Waals surface area contributed by atoms with Crippen LogP contribution >= 0.6 is 27.7 Å². The minimum Gasteiger partial charge on any atom is -0.234 e. The zero-order chi connectivity index (χ0) is 12.8. The molecule has 92 valence electrons. The highest BCUT2D eigenvalue weighted by Gasteiger charge is 1.94. The number of halogens is 1. The first-order chi connectivity index (χ1) is 8.78. The van der Waals surface area contributed by atoms with Gasteiger partial charge in [0.2, 0.25) is 0 Å². The molecule has 0 radical (unpaired) electrons. The average Bonchev–Trinajstić information content (AvgIpc) is 2.42. The van der Waals surface area contributed by atoms with Gasteiger partial charge in [-0.05, 0) is 52.0 Å². The summed E-state index contributed by atoms with van der Waals surface area (Å²) < 4.78 is 0.939. The van der Waals surface area contributed by atoms with Crippen molar-refractivity contribution in [2.45, 2.75) is 11.4 Å². The van der Waals surface area contributed by atoms with Crippen LogP contribution in [-0.4, -0.2) is 11.2 Å². The van der Waals surface area contributed by atoms with E-state index in [4.69, 9.17) is 0 Å². The van der Waals surface area contributed by atoms with E-state index < -0.39 is 0 Å². The molecule has 5 heteroatoms. The second kappa shape index (κ2) is 6.66. The van der Waals surface area contributed by atoms with Crippen LogP contribution in [0.3, 0.4) is 0 Å². The van der Waals surface area contributed by atoms with Gasteiger partial charge in [-0.2, -0.15) is 5.11 Å². The Balaban J connectivity index is 1.95. The van der Waals surface area contributed by atoms with Crippen molar-refractivity contribution < 1.29 is 0 Å². The number of thioether (sulfide) groups is 1. The zero-order valence-electron chi connectivity index (χ0n) is 9.88. The summed E-state index contributed by atoms with van der Waals surface area (Å²) in [6.07, 6.45) is 3.77.